The van der Waals surface area contributed by atoms with Gasteiger partial charge in [-0.25, -0.2) is 9.89 Å². The molecule has 0 aromatic carbocycles. The summed E-state index contributed by atoms with van der Waals surface area (Å²) in [6.07, 6.45) is 3.82. The Balaban J connectivity index is 1.59. The first-order chi connectivity index (χ1) is 15.1. The Bertz CT molecular complexity index is 904. The fourth-order valence-corrected chi connectivity index (χ4v) is 3.30. The van der Waals surface area contributed by atoms with Gasteiger partial charge in [0.15, 0.2) is 11.6 Å². The van der Waals surface area contributed by atoms with Crippen molar-refractivity contribution in [2.75, 3.05) is 18.4 Å². The Kier molecular flexibility index (Phi) is 7.31. The van der Waals surface area contributed by atoms with Gasteiger partial charge in [0.25, 0.3) is 0 Å². The van der Waals surface area contributed by atoms with Crippen LogP contribution in [0.25, 0.3) is 0 Å². The number of halogens is 2. The Morgan fingerprint density at radius 3 is 2.81 bits per heavy atom. The number of rotatable bonds is 6. The van der Waals surface area contributed by atoms with Gasteiger partial charge in [0.05, 0.1) is 12.4 Å². The van der Waals surface area contributed by atoms with E-state index in [0.29, 0.717) is 31.2 Å². The summed E-state index contributed by atoms with van der Waals surface area (Å²) in [6, 6.07) is 1.28. The molecule has 0 aliphatic carbocycles. The molecule has 0 saturated carbocycles. The number of carbonyl (C=O) groups is 1. The molecule has 1 aliphatic heterocycles. The second-order valence-electron chi connectivity index (χ2n) is 8.66. The van der Waals surface area contributed by atoms with E-state index in [-0.39, 0.29) is 29.8 Å². The minimum Gasteiger partial charge on any atom is -0.473 e. The number of nitrogens with zero attached hydrogens (tertiary/aromatic N) is 4. The summed E-state index contributed by atoms with van der Waals surface area (Å²) in [7, 11) is 0. The lowest BCUT2D eigenvalue weighted by molar-refractivity contribution is -0.0528. The van der Waals surface area contributed by atoms with Crippen LogP contribution in [0, 0.1) is 5.92 Å². The third kappa shape index (κ3) is 7.20. The number of aromatic nitrogens is 4. The number of H-pyrrole nitrogens is 1. The summed E-state index contributed by atoms with van der Waals surface area (Å²) < 4.78 is 40.3. The number of anilines is 2. The van der Waals surface area contributed by atoms with Gasteiger partial charge in [0.1, 0.15) is 11.7 Å². The first-order valence-electron chi connectivity index (χ1n) is 10.3. The quantitative estimate of drug-likeness (QED) is 0.674. The lowest BCUT2D eigenvalue weighted by Gasteiger charge is -2.27. The molecule has 1 fully saturated rings. The zero-order valence-corrected chi connectivity index (χ0v) is 18.5. The SMILES string of the molecule is C[C@@H]1C[C@H](Oc2cncc(Nc3cc(OC(F)F)[nH]n3)n2)CCN(C(=O)OC(C)(C)C)C1. The molecular formula is C20H28F2N6O4. The van der Waals surface area contributed by atoms with E-state index in [2.05, 4.69) is 37.1 Å². The fourth-order valence-electron chi connectivity index (χ4n) is 3.30. The lowest BCUT2D eigenvalue weighted by Crippen LogP contribution is -2.38. The van der Waals surface area contributed by atoms with Crippen LogP contribution in [0.2, 0.25) is 0 Å². The number of ether oxygens (including phenoxy) is 3. The van der Waals surface area contributed by atoms with Crippen molar-refractivity contribution in [3.05, 3.63) is 18.5 Å². The number of carbonyl (C=O) groups excluding carboxylic acids is 1. The monoisotopic (exact) mass is 454 g/mol. The van der Waals surface area contributed by atoms with E-state index < -0.39 is 12.2 Å². The second-order valence-corrected chi connectivity index (χ2v) is 8.66. The van der Waals surface area contributed by atoms with Crippen molar-refractivity contribution < 1.29 is 27.8 Å². The van der Waals surface area contributed by atoms with E-state index >= 15 is 0 Å². The molecule has 3 rings (SSSR count). The van der Waals surface area contributed by atoms with Crippen LogP contribution in [0.5, 0.6) is 11.8 Å². The van der Waals surface area contributed by atoms with Crippen LogP contribution in [0.3, 0.4) is 0 Å². The first-order valence-corrected chi connectivity index (χ1v) is 10.3. The second kappa shape index (κ2) is 9.96. The van der Waals surface area contributed by atoms with Gasteiger partial charge in [0.2, 0.25) is 11.8 Å². The highest BCUT2D eigenvalue weighted by molar-refractivity contribution is 5.68. The van der Waals surface area contributed by atoms with Crippen molar-refractivity contribution in [3.8, 4) is 11.8 Å². The van der Waals surface area contributed by atoms with Crippen LogP contribution in [-0.2, 0) is 4.74 Å². The number of hydrogen-bond donors (Lipinski definition) is 2. The molecule has 0 unspecified atom stereocenters. The fraction of sp³-hybridized carbons (Fsp3) is 0.600. The van der Waals surface area contributed by atoms with Crippen molar-refractivity contribution in [1.29, 1.82) is 0 Å². The number of aromatic amines is 1. The summed E-state index contributed by atoms with van der Waals surface area (Å²) in [5.74, 6) is 0.904. The van der Waals surface area contributed by atoms with Crippen LogP contribution in [0.4, 0.5) is 25.2 Å². The zero-order chi connectivity index (χ0) is 23.3. The van der Waals surface area contributed by atoms with Crippen LogP contribution < -0.4 is 14.8 Å². The molecule has 32 heavy (non-hydrogen) atoms. The molecule has 0 spiro atoms. The van der Waals surface area contributed by atoms with Crippen LogP contribution in [-0.4, -0.2) is 62.6 Å². The minimum atomic E-state index is -2.95. The predicted octanol–water partition coefficient (Wildman–Crippen LogP) is 3.96. The van der Waals surface area contributed by atoms with E-state index in [1.807, 2.05) is 20.8 Å². The molecule has 1 amide bonds. The summed E-state index contributed by atoms with van der Waals surface area (Å²) >= 11 is 0. The van der Waals surface area contributed by atoms with Gasteiger partial charge in [-0.15, -0.1) is 0 Å². The number of amides is 1. The summed E-state index contributed by atoms with van der Waals surface area (Å²) in [4.78, 5) is 22.6. The van der Waals surface area contributed by atoms with Crippen molar-refractivity contribution in [1.82, 2.24) is 25.1 Å². The Morgan fingerprint density at radius 1 is 1.31 bits per heavy atom. The molecule has 3 heterocycles. The third-order valence-electron chi connectivity index (χ3n) is 4.50. The highest BCUT2D eigenvalue weighted by Gasteiger charge is 2.29. The number of hydrogen-bond acceptors (Lipinski definition) is 8. The maximum atomic E-state index is 12.4. The standard InChI is InChI=1S/C20H28F2N6O4/c1-12-7-13(5-6-28(11-12)19(29)32-20(2,3)4)30-17-10-23-9-15(25-17)24-14-8-16(27-26-14)31-18(21)22/h8-10,12-13,18H,5-7,11H2,1-4H3,(H2,24,25,26,27)/t12-,13-/m1/s1. The van der Waals surface area contributed by atoms with Gasteiger partial charge in [-0.1, -0.05) is 6.92 Å². The first kappa shape index (κ1) is 23.5. The molecule has 1 aliphatic rings. The number of likely N-dealkylation sites (tertiary alicyclic amines) is 1. The topological polar surface area (TPSA) is 114 Å². The predicted molar refractivity (Wildman–Crippen MR) is 111 cm³/mol. The van der Waals surface area contributed by atoms with Crippen LogP contribution in [0.1, 0.15) is 40.5 Å². The smallest absolute Gasteiger partial charge is 0.410 e. The number of nitrogens with one attached hydrogen (secondary N) is 2. The molecule has 2 aromatic rings. The molecule has 2 atom stereocenters. The molecule has 0 bridgehead atoms. The maximum absolute atomic E-state index is 12.4. The number of alkyl halides is 2. The molecule has 2 N–H and O–H groups in total. The van der Waals surface area contributed by atoms with E-state index in [9.17, 15) is 13.6 Å². The van der Waals surface area contributed by atoms with Crippen LogP contribution >= 0.6 is 0 Å². The molecule has 176 valence electrons. The summed E-state index contributed by atoms with van der Waals surface area (Å²) in [6.45, 7) is 5.72. The summed E-state index contributed by atoms with van der Waals surface area (Å²) in [5.41, 5.74) is -0.549. The van der Waals surface area contributed by atoms with Gasteiger partial charge >= 0.3 is 12.7 Å². The third-order valence-corrected chi connectivity index (χ3v) is 4.50. The molecular weight excluding hydrogens is 426 g/mol. The van der Waals surface area contributed by atoms with Gasteiger partial charge in [-0.2, -0.15) is 18.9 Å². The Morgan fingerprint density at radius 2 is 2.09 bits per heavy atom. The summed E-state index contributed by atoms with van der Waals surface area (Å²) in [5, 5.41) is 9.02. The van der Waals surface area contributed by atoms with E-state index in [1.54, 1.807) is 4.90 Å². The lowest BCUT2D eigenvalue weighted by atomic mass is 10.0. The van der Waals surface area contributed by atoms with E-state index in [0.717, 1.165) is 6.42 Å². The maximum Gasteiger partial charge on any atom is 0.410 e. The molecule has 0 radical (unpaired) electrons. The van der Waals surface area contributed by atoms with Gasteiger partial charge in [-0.3, -0.25) is 4.98 Å². The average Bonchev–Trinajstić information content (AvgIpc) is 3.00. The van der Waals surface area contributed by atoms with Crippen LogP contribution in [0.15, 0.2) is 18.5 Å². The largest absolute Gasteiger partial charge is 0.473 e. The zero-order valence-electron chi connectivity index (χ0n) is 18.5. The molecule has 1 saturated heterocycles. The van der Waals surface area contributed by atoms with Gasteiger partial charge in [-0.05, 0) is 33.1 Å². The molecule has 10 nitrogen and oxygen atoms in total. The van der Waals surface area contributed by atoms with Crippen molar-refractivity contribution in [2.24, 2.45) is 5.92 Å². The molecule has 12 heteroatoms. The van der Waals surface area contributed by atoms with E-state index in [1.165, 1.54) is 18.5 Å². The highest BCUT2D eigenvalue weighted by atomic mass is 19.3. The Hall–Kier alpha value is -3.18. The minimum absolute atomic E-state index is 0.154. The van der Waals surface area contributed by atoms with Crippen molar-refractivity contribution in [3.63, 3.8) is 0 Å². The average molecular weight is 454 g/mol. The van der Waals surface area contributed by atoms with Crippen molar-refractivity contribution >= 4 is 17.7 Å². The van der Waals surface area contributed by atoms with Gasteiger partial charge < -0.3 is 24.4 Å². The highest BCUT2D eigenvalue weighted by Crippen LogP contribution is 2.24. The molecule has 2 aromatic heterocycles. The van der Waals surface area contributed by atoms with E-state index in [4.69, 9.17) is 9.47 Å². The Labute approximate surface area is 184 Å². The van der Waals surface area contributed by atoms with Gasteiger partial charge in [0, 0.05) is 25.6 Å². The van der Waals surface area contributed by atoms with Crippen molar-refractivity contribution in [2.45, 2.75) is 58.9 Å². The normalized spacial score (nSPS) is 19.4.